The van der Waals surface area contributed by atoms with Gasteiger partial charge in [-0.15, -0.1) is 0 Å². The smallest absolute Gasteiger partial charge is 0.305 e. The molecule has 140 valence electrons. The summed E-state index contributed by atoms with van der Waals surface area (Å²) in [6.45, 7) is 9.53. The number of carbonyl (C=O) groups excluding carboxylic acids is 1. The number of ether oxygens (including phenoxy) is 2. The zero-order chi connectivity index (χ0) is 17.8. The highest BCUT2D eigenvalue weighted by Crippen LogP contribution is 2.72. The zero-order valence-corrected chi connectivity index (χ0v) is 16.1. The molecule has 2 saturated heterocycles. The van der Waals surface area contributed by atoms with E-state index < -0.39 is 0 Å². The van der Waals surface area contributed by atoms with E-state index in [0.29, 0.717) is 23.8 Å². The molecule has 2 aliphatic heterocycles. The normalized spacial score (nSPS) is 55.2. The molecule has 5 nitrogen and oxygen atoms in total. The van der Waals surface area contributed by atoms with Crippen LogP contribution in [0, 0.1) is 28.1 Å². The van der Waals surface area contributed by atoms with E-state index in [4.69, 9.17) is 14.3 Å². The highest BCUT2D eigenvalue weighted by molar-refractivity contribution is 5.69. The van der Waals surface area contributed by atoms with Crippen LogP contribution in [0.4, 0.5) is 0 Å². The summed E-state index contributed by atoms with van der Waals surface area (Å²) in [7, 11) is 1.48. The van der Waals surface area contributed by atoms with Gasteiger partial charge < -0.3 is 9.47 Å². The molecule has 0 N–H and O–H groups in total. The van der Waals surface area contributed by atoms with Crippen molar-refractivity contribution in [3.8, 4) is 0 Å². The standard InChI is InChI=1S/C20H31NO4/c1-18(2)12-8-9-19(18,3)16-15(12)21-17(24-16)20(4)11(10-14(22)23-5)6-7-13(20)25-21/h11-13,15-17H,6-10H2,1-5H3/t11-,12+,13-,15+,16+,17-,19-,20+/m0/s1. The fourth-order valence-corrected chi connectivity index (χ4v) is 7.22. The van der Waals surface area contributed by atoms with Gasteiger partial charge in [0.05, 0.1) is 25.4 Å². The number of methoxy groups -OCH3 is 1. The van der Waals surface area contributed by atoms with Gasteiger partial charge in [0.1, 0.15) is 6.23 Å². The average Bonchev–Trinajstić information content (AvgIpc) is 3.25. The van der Waals surface area contributed by atoms with Gasteiger partial charge in [-0.05, 0) is 42.9 Å². The quantitative estimate of drug-likeness (QED) is 0.717. The van der Waals surface area contributed by atoms with E-state index in [1.54, 1.807) is 0 Å². The second-order valence-electron chi connectivity index (χ2n) is 10.1. The van der Waals surface area contributed by atoms with Crippen LogP contribution in [0.25, 0.3) is 0 Å². The van der Waals surface area contributed by atoms with Gasteiger partial charge >= 0.3 is 5.97 Å². The van der Waals surface area contributed by atoms with Crippen molar-refractivity contribution in [2.75, 3.05) is 7.11 Å². The zero-order valence-electron chi connectivity index (χ0n) is 16.1. The van der Waals surface area contributed by atoms with Crippen molar-refractivity contribution in [1.29, 1.82) is 0 Å². The molecule has 5 rings (SSSR count). The van der Waals surface area contributed by atoms with Crippen LogP contribution in [-0.2, 0) is 19.1 Å². The van der Waals surface area contributed by atoms with Gasteiger partial charge in [-0.2, -0.15) is 5.06 Å². The van der Waals surface area contributed by atoms with Gasteiger partial charge in [-0.25, -0.2) is 0 Å². The first-order valence-corrected chi connectivity index (χ1v) is 9.92. The lowest BCUT2D eigenvalue weighted by atomic mass is 9.70. The molecule has 5 aliphatic rings. The Labute approximate surface area is 150 Å². The summed E-state index contributed by atoms with van der Waals surface area (Å²) in [5, 5.41) is 2.23. The minimum Gasteiger partial charge on any atom is -0.469 e. The first kappa shape index (κ1) is 16.5. The minimum absolute atomic E-state index is 0.0133. The maximum atomic E-state index is 11.9. The third kappa shape index (κ3) is 1.69. The number of esters is 1. The van der Waals surface area contributed by atoms with Crippen molar-refractivity contribution in [2.24, 2.45) is 28.1 Å². The van der Waals surface area contributed by atoms with Crippen molar-refractivity contribution in [3.05, 3.63) is 0 Å². The molecule has 0 amide bonds. The van der Waals surface area contributed by atoms with Gasteiger partial charge in [-0.3, -0.25) is 9.63 Å². The first-order chi connectivity index (χ1) is 11.7. The second kappa shape index (κ2) is 4.79. The summed E-state index contributed by atoms with van der Waals surface area (Å²) in [5.41, 5.74) is 0.400. The first-order valence-electron chi connectivity index (χ1n) is 9.92. The molecule has 3 saturated carbocycles. The molecular weight excluding hydrogens is 318 g/mol. The van der Waals surface area contributed by atoms with Crippen LogP contribution in [0.3, 0.4) is 0 Å². The van der Waals surface area contributed by atoms with Crippen molar-refractivity contribution in [3.63, 3.8) is 0 Å². The van der Waals surface area contributed by atoms with Gasteiger partial charge in [0.2, 0.25) is 0 Å². The van der Waals surface area contributed by atoms with Crippen LogP contribution in [0.1, 0.15) is 59.8 Å². The van der Waals surface area contributed by atoms with Crippen LogP contribution in [0.15, 0.2) is 0 Å². The second-order valence-corrected chi connectivity index (χ2v) is 10.1. The lowest BCUT2D eigenvalue weighted by Gasteiger charge is -2.40. The predicted molar refractivity (Wildman–Crippen MR) is 91.2 cm³/mol. The summed E-state index contributed by atoms with van der Waals surface area (Å²) in [6, 6.07) is 0.375. The molecule has 2 heterocycles. The van der Waals surface area contributed by atoms with Crippen molar-refractivity contribution >= 4 is 5.97 Å². The van der Waals surface area contributed by atoms with E-state index >= 15 is 0 Å². The molecule has 0 aromatic carbocycles. The molecule has 3 aliphatic carbocycles. The lowest BCUT2D eigenvalue weighted by molar-refractivity contribution is -0.199. The Morgan fingerprint density at radius 1 is 1.20 bits per heavy atom. The molecule has 2 bridgehead atoms. The maximum absolute atomic E-state index is 11.9. The van der Waals surface area contributed by atoms with E-state index in [-0.39, 0.29) is 41.2 Å². The van der Waals surface area contributed by atoms with E-state index in [0.717, 1.165) is 12.8 Å². The number of nitrogens with zero attached hydrogens (tertiary/aromatic N) is 1. The van der Waals surface area contributed by atoms with Gasteiger partial charge in [0.15, 0.2) is 0 Å². The van der Waals surface area contributed by atoms with Crippen molar-refractivity contribution in [1.82, 2.24) is 5.06 Å². The Bertz CT molecular complexity index is 621. The van der Waals surface area contributed by atoms with Crippen molar-refractivity contribution in [2.45, 2.75) is 84.3 Å². The molecular formula is C20H31NO4. The Hall–Kier alpha value is -0.650. The summed E-state index contributed by atoms with van der Waals surface area (Å²) < 4.78 is 11.7. The van der Waals surface area contributed by atoms with Crippen LogP contribution in [0.5, 0.6) is 0 Å². The highest BCUT2D eigenvalue weighted by atomic mass is 16.8. The summed E-state index contributed by atoms with van der Waals surface area (Å²) in [5.74, 6) is 0.794. The number of carbonyl (C=O) groups is 1. The van der Waals surface area contributed by atoms with Crippen LogP contribution in [-0.4, -0.2) is 42.6 Å². The topological polar surface area (TPSA) is 48.0 Å². The van der Waals surface area contributed by atoms with Crippen LogP contribution in [0.2, 0.25) is 0 Å². The average molecular weight is 349 g/mol. The Morgan fingerprint density at radius 2 is 1.96 bits per heavy atom. The Balaban J connectivity index is 1.47. The van der Waals surface area contributed by atoms with E-state index in [9.17, 15) is 4.79 Å². The molecule has 25 heavy (non-hydrogen) atoms. The van der Waals surface area contributed by atoms with Crippen LogP contribution < -0.4 is 0 Å². The third-order valence-electron chi connectivity index (χ3n) is 9.30. The molecule has 0 aromatic heterocycles. The van der Waals surface area contributed by atoms with Crippen LogP contribution >= 0.6 is 0 Å². The number of hydrogen-bond donors (Lipinski definition) is 0. The number of hydroxylamine groups is 2. The molecule has 0 radical (unpaired) electrons. The number of hydrogen-bond acceptors (Lipinski definition) is 5. The molecule has 0 unspecified atom stereocenters. The largest absolute Gasteiger partial charge is 0.469 e. The molecule has 5 fully saturated rings. The summed E-state index contributed by atoms with van der Waals surface area (Å²) >= 11 is 0. The fourth-order valence-electron chi connectivity index (χ4n) is 7.22. The Morgan fingerprint density at radius 3 is 2.68 bits per heavy atom. The monoisotopic (exact) mass is 349 g/mol. The number of fused-ring (bicyclic) bond motifs is 9. The van der Waals surface area contributed by atoms with Gasteiger partial charge in [-0.1, -0.05) is 27.7 Å². The highest BCUT2D eigenvalue weighted by Gasteiger charge is 2.76. The summed E-state index contributed by atoms with van der Waals surface area (Å²) in [4.78, 5) is 18.4. The van der Waals surface area contributed by atoms with E-state index in [1.165, 1.54) is 20.0 Å². The molecule has 8 atom stereocenters. The predicted octanol–water partition coefficient (Wildman–Crippen LogP) is 3.13. The minimum atomic E-state index is -0.114. The fraction of sp³-hybridized carbons (Fsp3) is 0.950. The Kier molecular flexibility index (Phi) is 3.16. The SMILES string of the molecule is COC(=O)C[C@@H]1CC[C@@H]2ON3[C@@H]4[C@H]5CC[C@@](C)([C@@H]4O[C@H]3[C@]12C)C5(C)C. The van der Waals surface area contributed by atoms with E-state index in [1.807, 2.05) is 0 Å². The number of rotatable bonds is 2. The molecule has 5 heteroatoms. The third-order valence-corrected chi connectivity index (χ3v) is 9.30. The van der Waals surface area contributed by atoms with Gasteiger partial charge in [0.25, 0.3) is 0 Å². The lowest BCUT2D eigenvalue weighted by Crippen LogP contribution is -2.44. The molecule has 0 aromatic rings. The van der Waals surface area contributed by atoms with Crippen molar-refractivity contribution < 1.29 is 19.1 Å². The van der Waals surface area contributed by atoms with Gasteiger partial charge in [0, 0.05) is 17.3 Å². The van der Waals surface area contributed by atoms with E-state index in [2.05, 4.69) is 32.8 Å². The summed E-state index contributed by atoms with van der Waals surface area (Å²) in [6.07, 6.45) is 5.43. The maximum Gasteiger partial charge on any atom is 0.305 e. The molecule has 0 spiro atoms.